The summed E-state index contributed by atoms with van der Waals surface area (Å²) in [6, 6.07) is 8.78. The molecule has 2 heterocycles. The number of hydrogen-bond donors (Lipinski definition) is 6. The molecule has 0 unspecified atom stereocenters. The number of aliphatic hydroxyl groups excluding tert-OH is 1. The summed E-state index contributed by atoms with van der Waals surface area (Å²) in [7, 11) is -1.66. The Morgan fingerprint density at radius 1 is 1.07 bits per heavy atom. The van der Waals surface area contributed by atoms with Crippen molar-refractivity contribution in [3.05, 3.63) is 71.7 Å². The van der Waals surface area contributed by atoms with Crippen molar-refractivity contribution < 1.29 is 42.2 Å². The van der Waals surface area contributed by atoms with Gasteiger partial charge in [-0.15, -0.1) is 0 Å². The smallest absolute Gasteiger partial charge is 0.421 e. The average molecular weight is 636 g/mol. The number of aromatic nitrogens is 4. The quantitative estimate of drug-likeness (QED) is 0.122. The number of hydrogen-bond acceptors (Lipinski definition) is 9. The van der Waals surface area contributed by atoms with Gasteiger partial charge in [0.2, 0.25) is 5.95 Å². The van der Waals surface area contributed by atoms with E-state index in [1.54, 1.807) is 23.1 Å². The van der Waals surface area contributed by atoms with Gasteiger partial charge in [-0.1, -0.05) is 12.1 Å². The monoisotopic (exact) mass is 635 g/mol. The van der Waals surface area contributed by atoms with E-state index in [0.29, 0.717) is 30.3 Å². The molecule has 6 N–H and O–H groups in total. The number of carbonyl (C=O) groups is 1. The van der Waals surface area contributed by atoms with Crippen LogP contribution in [0.15, 0.2) is 55.0 Å². The third-order valence-corrected chi connectivity index (χ3v) is 7.03. The van der Waals surface area contributed by atoms with Crippen LogP contribution in [-0.2, 0) is 23.4 Å². The Morgan fingerprint density at radius 2 is 1.82 bits per heavy atom. The van der Waals surface area contributed by atoms with Crippen LogP contribution >= 0.6 is 7.60 Å². The van der Waals surface area contributed by atoms with E-state index >= 15 is 0 Å². The first-order valence-corrected chi connectivity index (χ1v) is 14.8. The number of ether oxygens (including phenoxy) is 1. The van der Waals surface area contributed by atoms with E-state index in [9.17, 15) is 32.3 Å². The maximum absolute atomic E-state index is 14.0. The zero-order valence-corrected chi connectivity index (χ0v) is 24.4. The summed E-state index contributed by atoms with van der Waals surface area (Å²) in [4.78, 5) is 39.1. The standard InChI is InChI=1S/C27H29F3N7O6P/c1-31-25(39)19-11-17(18-12-33-37(14-18)8-3-9-38)5-7-21(19)34-24-20(27(28,29)30)13-32-26(36-24)35-22-6-4-16(10-23(22)43-2)15-44(40,41)42/h4-7,10-14,38H,3,8-9,15H2,1-2H3,(H,31,39)(H2,40,41,42)(H2,32,34,35,36). The maximum Gasteiger partial charge on any atom is 0.421 e. The lowest BCUT2D eigenvalue weighted by Crippen LogP contribution is -2.20. The van der Waals surface area contributed by atoms with Crippen LogP contribution in [0.2, 0.25) is 0 Å². The molecule has 0 atom stereocenters. The number of methoxy groups -OCH3 is 1. The summed E-state index contributed by atoms with van der Waals surface area (Å²) in [6.45, 7) is 0.474. The van der Waals surface area contributed by atoms with Crippen LogP contribution in [0.1, 0.15) is 27.9 Å². The second kappa shape index (κ2) is 13.4. The number of nitrogens with one attached hydrogen (secondary N) is 3. The van der Waals surface area contributed by atoms with Gasteiger partial charge >= 0.3 is 13.8 Å². The van der Waals surface area contributed by atoms with Gasteiger partial charge in [-0.25, -0.2) is 4.98 Å². The molecule has 13 nitrogen and oxygen atoms in total. The molecule has 1 amide bonds. The van der Waals surface area contributed by atoms with Gasteiger partial charge in [0, 0.05) is 38.2 Å². The molecule has 234 valence electrons. The van der Waals surface area contributed by atoms with Gasteiger partial charge in [-0.2, -0.15) is 23.3 Å². The number of rotatable bonds is 12. The SMILES string of the molecule is CNC(=O)c1cc(-c2cnn(CCCO)c2)ccc1Nc1nc(Nc2ccc(CP(=O)(O)O)cc2OC)ncc1C(F)(F)F. The second-order valence-corrected chi connectivity index (χ2v) is 11.1. The second-order valence-electron chi connectivity index (χ2n) is 9.47. The fraction of sp³-hybridized carbons (Fsp3) is 0.259. The van der Waals surface area contributed by atoms with Crippen molar-refractivity contribution in [2.75, 3.05) is 31.4 Å². The Hall–Kier alpha value is -4.50. The predicted octanol–water partition coefficient (Wildman–Crippen LogP) is 4.27. The summed E-state index contributed by atoms with van der Waals surface area (Å²) in [5.41, 5.74) is 0.627. The molecule has 44 heavy (non-hydrogen) atoms. The van der Waals surface area contributed by atoms with Crippen molar-refractivity contribution in [2.45, 2.75) is 25.3 Å². The molecule has 0 spiro atoms. The van der Waals surface area contributed by atoms with Crippen LogP contribution in [0.25, 0.3) is 11.1 Å². The van der Waals surface area contributed by atoms with Crippen LogP contribution in [0.3, 0.4) is 0 Å². The van der Waals surface area contributed by atoms with Crippen LogP contribution in [0.4, 0.5) is 36.3 Å². The molecule has 4 aromatic rings. The summed E-state index contributed by atoms with van der Waals surface area (Å²) < 4.78 is 60.2. The van der Waals surface area contributed by atoms with E-state index in [1.165, 1.54) is 44.5 Å². The lowest BCUT2D eigenvalue weighted by atomic mass is 10.0. The normalized spacial score (nSPS) is 11.7. The van der Waals surface area contributed by atoms with Gasteiger partial charge in [-0.05, 0) is 41.8 Å². The van der Waals surface area contributed by atoms with Crippen molar-refractivity contribution in [1.82, 2.24) is 25.1 Å². The van der Waals surface area contributed by atoms with Crippen molar-refractivity contribution in [3.8, 4) is 16.9 Å². The highest BCUT2D eigenvalue weighted by Gasteiger charge is 2.36. The minimum Gasteiger partial charge on any atom is -0.495 e. The summed E-state index contributed by atoms with van der Waals surface area (Å²) in [6.07, 6.45) is -1.00. The van der Waals surface area contributed by atoms with Gasteiger partial charge in [0.25, 0.3) is 5.91 Å². The highest BCUT2D eigenvalue weighted by Crippen LogP contribution is 2.41. The van der Waals surface area contributed by atoms with E-state index in [4.69, 9.17) is 9.84 Å². The van der Waals surface area contributed by atoms with E-state index in [1.807, 2.05) is 0 Å². The Morgan fingerprint density at radius 3 is 2.48 bits per heavy atom. The molecule has 0 saturated carbocycles. The van der Waals surface area contributed by atoms with Gasteiger partial charge < -0.3 is 35.6 Å². The Balaban J connectivity index is 1.69. The van der Waals surface area contributed by atoms with Crippen molar-refractivity contribution in [3.63, 3.8) is 0 Å². The first-order valence-electron chi connectivity index (χ1n) is 13.0. The Bertz CT molecular complexity index is 1690. The summed E-state index contributed by atoms with van der Waals surface area (Å²) in [5, 5.41) is 21.1. The number of aliphatic hydroxyl groups is 1. The molecule has 0 fully saturated rings. The molecule has 2 aromatic carbocycles. The van der Waals surface area contributed by atoms with Gasteiger partial charge in [-0.3, -0.25) is 14.0 Å². The number of nitrogens with zero attached hydrogens (tertiary/aromatic N) is 4. The van der Waals surface area contributed by atoms with Crippen LogP contribution in [-0.4, -0.2) is 61.3 Å². The molecule has 0 bridgehead atoms. The number of carbonyl (C=O) groups excluding carboxylic acids is 1. The van der Waals surface area contributed by atoms with Crippen molar-refractivity contribution in [2.24, 2.45) is 0 Å². The van der Waals surface area contributed by atoms with Crippen LogP contribution in [0.5, 0.6) is 5.75 Å². The van der Waals surface area contributed by atoms with E-state index in [0.717, 1.165) is 0 Å². The fourth-order valence-corrected chi connectivity index (χ4v) is 4.86. The Labute approximate surface area is 249 Å². The van der Waals surface area contributed by atoms with Gasteiger partial charge in [0.15, 0.2) is 0 Å². The van der Waals surface area contributed by atoms with E-state index in [2.05, 4.69) is 31.0 Å². The molecular weight excluding hydrogens is 606 g/mol. The average Bonchev–Trinajstić information content (AvgIpc) is 3.44. The number of anilines is 4. The number of amides is 1. The number of aryl methyl sites for hydroxylation is 1. The van der Waals surface area contributed by atoms with Crippen LogP contribution < -0.4 is 20.7 Å². The molecule has 0 aliphatic rings. The number of alkyl halides is 3. The molecule has 0 radical (unpaired) electrons. The van der Waals surface area contributed by atoms with Crippen molar-refractivity contribution in [1.29, 1.82) is 0 Å². The molecule has 2 aromatic heterocycles. The molecule has 4 rings (SSSR count). The zero-order valence-electron chi connectivity index (χ0n) is 23.5. The maximum atomic E-state index is 14.0. The summed E-state index contributed by atoms with van der Waals surface area (Å²) >= 11 is 0. The predicted molar refractivity (Wildman–Crippen MR) is 155 cm³/mol. The van der Waals surface area contributed by atoms with E-state index < -0.39 is 37.2 Å². The first-order chi connectivity index (χ1) is 20.8. The fourth-order valence-electron chi connectivity index (χ4n) is 4.19. The number of benzene rings is 2. The molecular formula is C27H29F3N7O6P. The third-order valence-electron chi connectivity index (χ3n) is 6.25. The first kappa shape index (κ1) is 32.4. The Kier molecular flexibility index (Phi) is 9.89. The number of halogens is 3. The lowest BCUT2D eigenvalue weighted by Gasteiger charge is -2.18. The van der Waals surface area contributed by atoms with Crippen LogP contribution in [0, 0.1) is 0 Å². The van der Waals surface area contributed by atoms with Crippen molar-refractivity contribution >= 4 is 36.6 Å². The van der Waals surface area contributed by atoms with Gasteiger partial charge in [0.1, 0.15) is 17.1 Å². The highest BCUT2D eigenvalue weighted by molar-refractivity contribution is 7.50. The molecule has 0 aliphatic heterocycles. The zero-order chi connectivity index (χ0) is 32.1. The molecule has 17 heteroatoms. The van der Waals surface area contributed by atoms with Gasteiger partial charge in [0.05, 0.1) is 36.4 Å². The highest BCUT2D eigenvalue weighted by atomic mass is 31.2. The summed E-state index contributed by atoms with van der Waals surface area (Å²) in [5.74, 6) is -1.31. The third kappa shape index (κ3) is 8.11. The molecule has 0 saturated heterocycles. The minimum atomic E-state index is -4.85. The molecule has 0 aliphatic carbocycles. The van der Waals surface area contributed by atoms with E-state index in [-0.39, 0.29) is 40.8 Å². The minimum absolute atomic E-state index is 0.00419. The topological polar surface area (TPSA) is 184 Å². The lowest BCUT2D eigenvalue weighted by molar-refractivity contribution is -0.137. The largest absolute Gasteiger partial charge is 0.495 e.